The molecule has 4 rings (SSSR count). The third-order valence-corrected chi connectivity index (χ3v) is 5.30. The Morgan fingerprint density at radius 2 is 1.86 bits per heavy atom. The zero-order chi connectivity index (χ0) is 20.4. The van der Waals surface area contributed by atoms with Gasteiger partial charge in [0.05, 0.1) is 23.3 Å². The van der Waals surface area contributed by atoms with Gasteiger partial charge in [-0.1, -0.05) is 12.1 Å². The maximum absolute atomic E-state index is 14.2. The highest BCUT2D eigenvalue weighted by atomic mass is 19.1. The van der Waals surface area contributed by atoms with Crippen LogP contribution < -0.4 is 16.4 Å². The van der Waals surface area contributed by atoms with Crippen LogP contribution in [0.1, 0.15) is 24.0 Å². The van der Waals surface area contributed by atoms with Gasteiger partial charge in [-0.15, -0.1) is 0 Å². The van der Waals surface area contributed by atoms with Crippen molar-refractivity contribution in [2.24, 2.45) is 5.73 Å². The van der Waals surface area contributed by atoms with Crippen LogP contribution in [0.4, 0.5) is 15.8 Å². The van der Waals surface area contributed by atoms with Gasteiger partial charge in [-0.3, -0.25) is 15.4 Å². The molecule has 29 heavy (non-hydrogen) atoms. The normalized spacial score (nSPS) is 14.8. The molecular weight excluding hydrogens is 367 g/mol. The van der Waals surface area contributed by atoms with Gasteiger partial charge in [-0.25, -0.2) is 4.39 Å². The van der Waals surface area contributed by atoms with E-state index in [1.54, 1.807) is 36.7 Å². The van der Waals surface area contributed by atoms with E-state index in [1.165, 1.54) is 12.3 Å². The molecular formula is C22H23FN6. The van der Waals surface area contributed by atoms with E-state index >= 15 is 0 Å². The van der Waals surface area contributed by atoms with Crippen molar-refractivity contribution in [1.82, 2.24) is 9.97 Å². The van der Waals surface area contributed by atoms with E-state index in [4.69, 9.17) is 16.9 Å². The van der Waals surface area contributed by atoms with Gasteiger partial charge in [0, 0.05) is 53.9 Å². The summed E-state index contributed by atoms with van der Waals surface area (Å²) in [5.41, 5.74) is 15.6. The van der Waals surface area contributed by atoms with E-state index in [9.17, 15) is 4.39 Å². The van der Waals surface area contributed by atoms with E-state index < -0.39 is 5.82 Å². The number of piperidine rings is 1. The molecule has 1 aliphatic heterocycles. The fourth-order valence-electron chi connectivity index (χ4n) is 3.64. The summed E-state index contributed by atoms with van der Waals surface area (Å²) >= 11 is 0. The highest BCUT2D eigenvalue weighted by Gasteiger charge is 2.21. The van der Waals surface area contributed by atoms with Crippen LogP contribution >= 0.6 is 0 Å². The Kier molecular flexibility index (Phi) is 5.22. The van der Waals surface area contributed by atoms with Gasteiger partial charge >= 0.3 is 0 Å². The molecule has 2 aromatic heterocycles. The maximum atomic E-state index is 14.2. The third kappa shape index (κ3) is 3.82. The highest BCUT2D eigenvalue weighted by Crippen LogP contribution is 2.32. The van der Waals surface area contributed by atoms with Gasteiger partial charge in [-0.05, 0) is 37.1 Å². The SMILES string of the molecule is N=C(c1cc(-c2cnccc2N2CCC(N)CC2)ncc1N)c1ccccc1F. The largest absolute Gasteiger partial charge is 0.397 e. The molecule has 5 N–H and O–H groups in total. The van der Waals surface area contributed by atoms with Crippen LogP contribution in [0.5, 0.6) is 0 Å². The van der Waals surface area contributed by atoms with Crippen molar-refractivity contribution in [3.05, 3.63) is 71.9 Å². The predicted octanol–water partition coefficient (Wildman–Crippen LogP) is 3.21. The lowest BCUT2D eigenvalue weighted by atomic mass is 9.98. The van der Waals surface area contributed by atoms with Gasteiger partial charge in [0.15, 0.2) is 0 Å². The number of anilines is 2. The topological polar surface area (TPSA) is 105 Å². The number of halogens is 1. The minimum atomic E-state index is -0.456. The number of nitrogen functional groups attached to an aromatic ring is 1. The van der Waals surface area contributed by atoms with E-state index in [0.717, 1.165) is 37.2 Å². The Labute approximate surface area is 168 Å². The molecule has 0 spiro atoms. The molecule has 0 bridgehead atoms. The molecule has 0 amide bonds. The average Bonchev–Trinajstić information content (AvgIpc) is 2.75. The number of nitrogens with one attached hydrogen (secondary N) is 1. The Balaban J connectivity index is 1.74. The van der Waals surface area contributed by atoms with E-state index in [0.29, 0.717) is 16.9 Å². The molecule has 6 nitrogen and oxygen atoms in total. The summed E-state index contributed by atoms with van der Waals surface area (Å²) < 4.78 is 14.2. The summed E-state index contributed by atoms with van der Waals surface area (Å²) in [7, 11) is 0. The molecule has 1 fully saturated rings. The van der Waals surface area contributed by atoms with Gasteiger partial charge < -0.3 is 16.4 Å². The Hall–Kier alpha value is -3.32. The molecule has 0 aliphatic carbocycles. The van der Waals surface area contributed by atoms with Crippen molar-refractivity contribution in [3.63, 3.8) is 0 Å². The molecule has 0 unspecified atom stereocenters. The van der Waals surface area contributed by atoms with Crippen molar-refractivity contribution in [2.45, 2.75) is 18.9 Å². The van der Waals surface area contributed by atoms with Gasteiger partial charge in [-0.2, -0.15) is 0 Å². The number of hydrogen-bond donors (Lipinski definition) is 3. The first-order valence-corrected chi connectivity index (χ1v) is 9.59. The highest BCUT2D eigenvalue weighted by molar-refractivity contribution is 6.14. The summed E-state index contributed by atoms with van der Waals surface area (Å²) in [6.07, 6.45) is 6.90. The summed E-state index contributed by atoms with van der Waals surface area (Å²) in [5, 5.41) is 8.50. The molecule has 1 saturated heterocycles. The number of nitrogens with zero attached hydrogens (tertiary/aromatic N) is 3. The summed E-state index contributed by atoms with van der Waals surface area (Å²) in [4.78, 5) is 11.0. The maximum Gasteiger partial charge on any atom is 0.132 e. The molecule has 1 aliphatic rings. The molecule has 0 atom stereocenters. The first-order chi connectivity index (χ1) is 14.0. The van der Waals surface area contributed by atoms with Gasteiger partial charge in [0.1, 0.15) is 5.82 Å². The number of rotatable bonds is 4. The Bertz CT molecular complexity index is 1040. The fraction of sp³-hybridized carbons (Fsp3) is 0.227. The van der Waals surface area contributed by atoms with Crippen LogP contribution in [-0.2, 0) is 0 Å². The monoisotopic (exact) mass is 390 g/mol. The second-order valence-corrected chi connectivity index (χ2v) is 7.23. The Morgan fingerprint density at radius 1 is 1.10 bits per heavy atom. The third-order valence-electron chi connectivity index (χ3n) is 5.30. The standard InChI is InChI=1S/C22H23FN6/c23-18-4-2-1-3-15(18)22(26)16-11-20(28-13-19(16)25)17-12-27-8-5-21(17)29-9-6-14(24)7-10-29/h1-5,8,11-14,26H,6-7,9-10,24-25H2. The van der Waals surface area contributed by atoms with Crippen LogP contribution in [0.15, 0.2) is 55.0 Å². The van der Waals surface area contributed by atoms with Crippen LogP contribution in [0.25, 0.3) is 11.3 Å². The van der Waals surface area contributed by atoms with Gasteiger partial charge in [0.2, 0.25) is 0 Å². The zero-order valence-corrected chi connectivity index (χ0v) is 16.0. The van der Waals surface area contributed by atoms with Crippen molar-refractivity contribution in [3.8, 4) is 11.3 Å². The van der Waals surface area contributed by atoms with E-state index in [2.05, 4.69) is 14.9 Å². The summed E-state index contributed by atoms with van der Waals surface area (Å²) in [5.74, 6) is -0.456. The van der Waals surface area contributed by atoms with E-state index in [-0.39, 0.29) is 17.3 Å². The molecule has 7 heteroatoms. The first kappa shape index (κ1) is 19.0. The molecule has 3 heterocycles. The predicted molar refractivity (Wildman–Crippen MR) is 114 cm³/mol. The number of hydrogen-bond acceptors (Lipinski definition) is 6. The first-order valence-electron chi connectivity index (χ1n) is 9.59. The lowest BCUT2D eigenvalue weighted by Gasteiger charge is -2.33. The molecule has 1 aromatic carbocycles. The zero-order valence-electron chi connectivity index (χ0n) is 16.0. The minimum absolute atomic E-state index is 0.0265. The molecule has 3 aromatic rings. The summed E-state index contributed by atoms with van der Waals surface area (Å²) in [6.45, 7) is 1.73. The number of nitrogens with two attached hydrogens (primary N) is 2. The lowest BCUT2D eigenvalue weighted by molar-refractivity contribution is 0.501. The van der Waals surface area contributed by atoms with E-state index in [1.807, 2.05) is 6.07 Å². The second kappa shape index (κ2) is 7.97. The quantitative estimate of drug-likeness (QED) is 0.593. The fourth-order valence-corrected chi connectivity index (χ4v) is 3.64. The number of pyridine rings is 2. The van der Waals surface area contributed by atoms with Crippen LogP contribution in [0, 0.1) is 11.2 Å². The Morgan fingerprint density at radius 3 is 2.62 bits per heavy atom. The smallest absolute Gasteiger partial charge is 0.132 e. The lowest BCUT2D eigenvalue weighted by Crippen LogP contribution is -2.39. The minimum Gasteiger partial charge on any atom is -0.397 e. The number of aromatic nitrogens is 2. The number of benzene rings is 1. The second-order valence-electron chi connectivity index (χ2n) is 7.23. The van der Waals surface area contributed by atoms with Gasteiger partial charge in [0.25, 0.3) is 0 Å². The van der Waals surface area contributed by atoms with Crippen LogP contribution in [0.2, 0.25) is 0 Å². The molecule has 0 saturated carbocycles. The molecule has 0 radical (unpaired) electrons. The van der Waals surface area contributed by atoms with Crippen LogP contribution in [-0.4, -0.2) is 34.8 Å². The summed E-state index contributed by atoms with van der Waals surface area (Å²) in [6, 6.07) is 10.1. The van der Waals surface area contributed by atoms with Crippen molar-refractivity contribution in [2.75, 3.05) is 23.7 Å². The van der Waals surface area contributed by atoms with Crippen molar-refractivity contribution in [1.29, 1.82) is 5.41 Å². The van der Waals surface area contributed by atoms with Crippen LogP contribution in [0.3, 0.4) is 0 Å². The van der Waals surface area contributed by atoms with Crippen molar-refractivity contribution >= 4 is 17.1 Å². The van der Waals surface area contributed by atoms with Crippen molar-refractivity contribution < 1.29 is 4.39 Å². The average molecular weight is 390 g/mol. The molecule has 148 valence electrons.